The Labute approximate surface area is 169 Å². The first kappa shape index (κ1) is 19.4. The maximum Gasteiger partial charge on any atom is 0.171 e. The van der Waals surface area contributed by atoms with Gasteiger partial charge in [0, 0.05) is 12.6 Å². The molecule has 3 aromatic rings. The van der Waals surface area contributed by atoms with Crippen LogP contribution in [0.4, 0.5) is 10.2 Å². The Bertz CT molecular complexity index is 1050. The molecule has 1 unspecified atom stereocenters. The molecule has 1 aliphatic rings. The number of fused-ring (bicyclic) bond motifs is 1. The number of nitrogen functional groups attached to an aromatic ring is 1. The van der Waals surface area contributed by atoms with Crippen LogP contribution < -0.4 is 5.73 Å². The van der Waals surface area contributed by atoms with E-state index < -0.39 is 30.0 Å². The Hall–Kier alpha value is -1.97. The van der Waals surface area contributed by atoms with E-state index in [2.05, 4.69) is 9.97 Å². The molecule has 0 saturated heterocycles. The van der Waals surface area contributed by atoms with E-state index in [1.165, 1.54) is 29.1 Å². The second-order valence-electron chi connectivity index (χ2n) is 6.93. The molecule has 1 aliphatic carbocycles. The minimum atomic E-state index is -2.52. The van der Waals surface area contributed by atoms with Gasteiger partial charge in [0.2, 0.25) is 0 Å². The normalized spacial score (nSPS) is 28.7. The van der Waals surface area contributed by atoms with E-state index >= 15 is 4.39 Å². The van der Waals surface area contributed by atoms with Crippen molar-refractivity contribution in [3.63, 3.8) is 0 Å². The quantitative estimate of drug-likeness (QED) is 0.510. The summed E-state index contributed by atoms with van der Waals surface area (Å²) in [6, 6.07) is 4.97. The maximum atomic E-state index is 15.8. The number of alkyl halides is 1. The third kappa shape index (κ3) is 2.84. The Balaban J connectivity index is 1.72. The predicted octanol–water partition coefficient (Wildman–Crippen LogP) is 2.43. The van der Waals surface area contributed by atoms with Crippen LogP contribution in [0.5, 0.6) is 0 Å². The second kappa shape index (κ2) is 6.82. The molecule has 1 saturated carbocycles. The van der Waals surface area contributed by atoms with Crippen LogP contribution in [-0.2, 0) is 0 Å². The van der Waals surface area contributed by atoms with E-state index in [0.29, 0.717) is 11.0 Å². The number of nitrogens with two attached hydrogens (primary N) is 1. The number of hydrogen-bond donors (Lipinski definition) is 4. The molecule has 0 spiro atoms. The fourth-order valence-electron chi connectivity index (χ4n) is 3.81. The minimum absolute atomic E-state index is 0.146. The maximum absolute atomic E-state index is 15.8. The van der Waals surface area contributed by atoms with Crippen molar-refractivity contribution >= 4 is 40.1 Å². The van der Waals surface area contributed by atoms with Gasteiger partial charge in [-0.05, 0) is 23.8 Å². The van der Waals surface area contributed by atoms with Crippen molar-refractivity contribution in [2.75, 3.05) is 5.73 Å². The first-order valence-electron chi connectivity index (χ1n) is 8.49. The van der Waals surface area contributed by atoms with Gasteiger partial charge in [-0.2, -0.15) is 0 Å². The highest BCUT2D eigenvalue weighted by Crippen LogP contribution is 2.49. The number of aliphatic hydroxyl groups excluding tert-OH is 3. The molecule has 1 aromatic carbocycles. The van der Waals surface area contributed by atoms with Gasteiger partial charge in [-0.15, -0.1) is 0 Å². The van der Waals surface area contributed by atoms with Gasteiger partial charge < -0.3 is 25.6 Å². The van der Waals surface area contributed by atoms with E-state index in [4.69, 9.17) is 28.9 Å². The van der Waals surface area contributed by atoms with Crippen LogP contribution in [0.3, 0.4) is 0 Å². The second-order valence-corrected chi connectivity index (χ2v) is 7.74. The van der Waals surface area contributed by atoms with Crippen molar-refractivity contribution in [1.29, 1.82) is 0 Å². The van der Waals surface area contributed by atoms with Crippen molar-refractivity contribution in [2.45, 2.75) is 36.4 Å². The van der Waals surface area contributed by atoms with E-state index in [1.54, 1.807) is 12.3 Å². The third-order valence-electron chi connectivity index (χ3n) is 5.34. The minimum Gasteiger partial charge on any atom is -0.388 e. The number of anilines is 1. The summed E-state index contributed by atoms with van der Waals surface area (Å²) in [6.45, 7) is 0. The van der Waals surface area contributed by atoms with Crippen molar-refractivity contribution in [2.24, 2.45) is 0 Å². The molecule has 0 amide bonds. The van der Waals surface area contributed by atoms with E-state index in [0.717, 1.165) is 0 Å². The molecule has 1 fully saturated rings. The molecular formula is C18H17Cl2FN4O3. The smallest absolute Gasteiger partial charge is 0.171 e. The fraction of sp³-hybridized carbons (Fsp3) is 0.333. The lowest BCUT2D eigenvalue weighted by molar-refractivity contribution is -0.102. The lowest BCUT2D eigenvalue weighted by atomic mass is 9.89. The van der Waals surface area contributed by atoms with Crippen molar-refractivity contribution in [3.8, 4) is 0 Å². The molecule has 5 N–H and O–H groups in total. The number of nitrogens with zero attached hydrogens (tertiary/aromatic N) is 3. The van der Waals surface area contributed by atoms with Crippen LogP contribution in [0.15, 0.2) is 36.8 Å². The summed E-state index contributed by atoms with van der Waals surface area (Å²) in [6.07, 6.45) is -2.54. The molecule has 10 heteroatoms. The first-order valence-corrected chi connectivity index (χ1v) is 9.24. The van der Waals surface area contributed by atoms with Crippen molar-refractivity contribution in [3.05, 3.63) is 52.4 Å². The van der Waals surface area contributed by atoms with Gasteiger partial charge in [-0.3, -0.25) is 0 Å². The standard InChI is InChI=1S/C18H17Cl2FN4O3/c19-10-2-1-8(5-11(10)20)14(27)18(21)6-12(13(26)15(18)28)25-4-3-9-16(22)23-7-24-17(9)25/h1-5,7,12-15,26-28H,6H2,(H2,22,23,24)/t12-,13+,14?,15+,18+/m1/s1. The van der Waals surface area contributed by atoms with Gasteiger partial charge in [0.15, 0.2) is 5.67 Å². The van der Waals surface area contributed by atoms with Gasteiger partial charge >= 0.3 is 0 Å². The predicted molar refractivity (Wildman–Crippen MR) is 103 cm³/mol. The van der Waals surface area contributed by atoms with Gasteiger partial charge in [0.25, 0.3) is 0 Å². The number of aromatic nitrogens is 3. The first-order chi connectivity index (χ1) is 13.2. The largest absolute Gasteiger partial charge is 0.388 e. The van der Waals surface area contributed by atoms with Crippen LogP contribution in [0.25, 0.3) is 11.0 Å². The molecule has 7 nitrogen and oxygen atoms in total. The fourth-order valence-corrected chi connectivity index (χ4v) is 4.12. The zero-order valence-electron chi connectivity index (χ0n) is 14.4. The molecule has 0 bridgehead atoms. The van der Waals surface area contributed by atoms with Gasteiger partial charge in [0.1, 0.15) is 36.1 Å². The number of hydrogen-bond acceptors (Lipinski definition) is 6. The highest BCUT2D eigenvalue weighted by molar-refractivity contribution is 6.42. The van der Waals surface area contributed by atoms with Crippen LogP contribution in [0.1, 0.15) is 24.1 Å². The molecule has 4 rings (SSSR count). The van der Waals surface area contributed by atoms with Gasteiger partial charge in [-0.1, -0.05) is 29.3 Å². The molecule has 5 atom stereocenters. The summed E-state index contributed by atoms with van der Waals surface area (Å²) in [7, 11) is 0. The summed E-state index contributed by atoms with van der Waals surface area (Å²) >= 11 is 11.8. The van der Waals surface area contributed by atoms with E-state index in [-0.39, 0.29) is 27.8 Å². The zero-order valence-corrected chi connectivity index (χ0v) is 15.9. The van der Waals surface area contributed by atoms with Crippen LogP contribution in [0, 0.1) is 0 Å². The molecule has 0 aliphatic heterocycles. The number of aliphatic hydroxyl groups is 3. The molecule has 2 aromatic heterocycles. The van der Waals surface area contributed by atoms with Crippen LogP contribution in [0.2, 0.25) is 10.0 Å². The summed E-state index contributed by atoms with van der Waals surface area (Å²) in [4.78, 5) is 8.04. The highest BCUT2D eigenvalue weighted by atomic mass is 35.5. The van der Waals surface area contributed by atoms with E-state index in [9.17, 15) is 15.3 Å². The van der Waals surface area contributed by atoms with E-state index in [1.807, 2.05) is 0 Å². The average Bonchev–Trinajstić information content (AvgIpc) is 3.20. The Morgan fingerprint density at radius 3 is 2.68 bits per heavy atom. The number of rotatable bonds is 3. The lowest BCUT2D eigenvalue weighted by Crippen LogP contribution is -2.43. The summed E-state index contributed by atoms with van der Waals surface area (Å²) in [5.74, 6) is 0.249. The summed E-state index contributed by atoms with van der Waals surface area (Å²) in [5.41, 5.74) is 3.85. The van der Waals surface area contributed by atoms with Gasteiger partial charge in [0.05, 0.1) is 21.5 Å². The third-order valence-corrected chi connectivity index (χ3v) is 6.08. The molecule has 2 heterocycles. The van der Waals surface area contributed by atoms with Crippen LogP contribution in [-0.4, -0.2) is 47.7 Å². The number of halogens is 3. The highest BCUT2D eigenvalue weighted by Gasteiger charge is 2.58. The Morgan fingerprint density at radius 2 is 1.96 bits per heavy atom. The van der Waals surface area contributed by atoms with Gasteiger partial charge in [-0.25, -0.2) is 14.4 Å². The Morgan fingerprint density at radius 1 is 1.21 bits per heavy atom. The summed E-state index contributed by atoms with van der Waals surface area (Å²) < 4.78 is 17.3. The molecular weight excluding hydrogens is 410 g/mol. The topological polar surface area (TPSA) is 117 Å². The zero-order chi connectivity index (χ0) is 20.2. The molecule has 0 radical (unpaired) electrons. The van der Waals surface area contributed by atoms with Crippen molar-refractivity contribution < 1.29 is 19.7 Å². The monoisotopic (exact) mass is 426 g/mol. The Kier molecular flexibility index (Phi) is 4.71. The number of benzene rings is 1. The van der Waals surface area contributed by atoms with Crippen molar-refractivity contribution in [1.82, 2.24) is 14.5 Å². The average molecular weight is 427 g/mol. The lowest BCUT2D eigenvalue weighted by Gasteiger charge is -2.30. The van der Waals surface area contributed by atoms with Crippen LogP contribution >= 0.6 is 23.2 Å². The molecule has 148 valence electrons. The molecule has 28 heavy (non-hydrogen) atoms. The SMILES string of the molecule is Nc1ncnc2c1ccn2[C@@H]1C[C@](F)(C(O)c2ccc(Cl)c(Cl)c2)[C@@H](O)[C@H]1O. The summed E-state index contributed by atoms with van der Waals surface area (Å²) in [5, 5.41) is 32.6.